The number of benzene rings is 4. The molecule has 0 aliphatic heterocycles. The fraction of sp³-hybridized carbons (Fsp3) is 0.583. The van der Waals surface area contributed by atoms with Crippen LogP contribution in [-0.2, 0) is 54.3 Å². The van der Waals surface area contributed by atoms with Gasteiger partial charge in [0.05, 0.1) is 20.7 Å². The maximum atomic E-state index is 11.8. The molecule has 0 heterocycles. The zero-order valence-corrected chi connectivity index (χ0v) is 58.9. The number of esters is 4. The molecule has 0 amide bonds. The van der Waals surface area contributed by atoms with Gasteiger partial charge < -0.3 is 42.5 Å². The highest BCUT2D eigenvalue weighted by molar-refractivity contribution is 7.86. The summed E-state index contributed by atoms with van der Waals surface area (Å²) < 4.78 is 118. The number of rotatable bonds is 47. The van der Waals surface area contributed by atoms with E-state index >= 15 is 0 Å². The summed E-state index contributed by atoms with van der Waals surface area (Å²) in [5.41, 5.74) is 0.0712. The van der Waals surface area contributed by atoms with Gasteiger partial charge in [0.25, 0.3) is 0 Å². The van der Waals surface area contributed by atoms with E-state index in [1.54, 1.807) is 0 Å². The van der Waals surface area contributed by atoms with Gasteiger partial charge in [-0.25, -0.2) is 25.3 Å². The van der Waals surface area contributed by atoms with Crippen molar-refractivity contribution in [1.29, 1.82) is 0 Å². The summed E-state index contributed by atoms with van der Waals surface area (Å²) >= 11 is 0. The number of Topliss-reactive ketones (excluding diaryl/α,β-unsaturated/α-hetero) is 1. The molecule has 4 rings (SSSR count). The van der Waals surface area contributed by atoms with Gasteiger partial charge in [-0.2, -0.15) is 0 Å². The average Bonchev–Trinajstić information content (AvgIpc) is 0.961. The van der Waals surface area contributed by atoms with Crippen molar-refractivity contribution in [3.05, 3.63) is 103 Å². The van der Waals surface area contributed by atoms with E-state index in [4.69, 9.17) is 18.9 Å². The quantitative estimate of drug-likeness (QED) is 0.0172. The molecule has 0 bridgehead atoms. The van der Waals surface area contributed by atoms with Gasteiger partial charge in [0.1, 0.15) is 59.1 Å². The third-order valence-corrected chi connectivity index (χ3v) is 17.5. The van der Waals surface area contributed by atoms with Crippen LogP contribution in [-0.4, -0.2) is 74.5 Å². The second kappa shape index (κ2) is 52.8. The Hall–Kier alpha value is -6.37. The van der Waals surface area contributed by atoms with Gasteiger partial charge >= 0.3 is 23.9 Å². The van der Waals surface area contributed by atoms with Crippen molar-refractivity contribution in [3.63, 3.8) is 0 Å². The smallest absolute Gasteiger partial charge is 0.311 e. The van der Waals surface area contributed by atoms with Crippen LogP contribution in [0.2, 0.25) is 0 Å². The second-order valence-corrected chi connectivity index (χ2v) is 27.6. The average molecular weight is 1390 g/mol. The summed E-state index contributed by atoms with van der Waals surface area (Å²) in [6.45, 7) is 8.74. The molecule has 0 radical (unpaired) electrons. The summed E-state index contributed by atoms with van der Waals surface area (Å²) in [6.07, 6.45) is 38.3. The fourth-order valence-electron chi connectivity index (χ4n) is 9.44. The lowest BCUT2D eigenvalue weighted by molar-refractivity contribution is -0.255. The third kappa shape index (κ3) is 47.2. The van der Waals surface area contributed by atoms with Gasteiger partial charge in [0.2, 0.25) is 0 Å². The Labute approximate surface area is 566 Å². The van der Waals surface area contributed by atoms with Crippen LogP contribution in [0.4, 0.5) is 0 Å². The largest absolute Gasteiger partial charge is 0.744 e. The van der Waals surface area contributed by atoms with Crippen molar-refractivity contribution in [2.45, 2.75) is 286 Å². The number of carboxylic acid groups (broad SMARTS) is 1. The number of hydrogen-bond donors (Lipinski definition) is 0. The summed E-state index contributed by atoms with van der Waals surface area (Å²) in [5.74, 6) is -1.18. The first-order valence-corrected chi connectivity index (χ1v) is 38.4. The molecular weight excluding hydrogens is 1280 g/mol. The minimum Gasteiger partial charge on any atom is -0.744 e. The minimum absolute atomic E-state index is 0.0712. The maximum Gasteiger partial charge on any atom is 0.311 e. The molecule has 23 heteroatoms. The second-order valence-electron chi connectivity index (χ2n) is 23.4. The number of carbonyl (C=O) groups excluding carboxylic acids is 6. The van der Waals surface area contributed by atoms with Gasteiger partial charge in [-0.15, -0.1) is 0 Å². The number of ether oxygens (including phenoxy) is 4. The molecule has 534 valence electrons. The van der Waals surface area contributed by atoms with Crippen LogP contribution in [0.25, 0.3) is 0 Å². The number of aromatic carboxylic acids is 1. The molecule has 0 spiro atoms. The lowest BCUT2D eigenvalue weighted by Gasteiger charge is -2.08. The molecule has 0 N–H and O–H groups in total. The Bertz CT molecular complexity index is 3090. The van der Waals surface area contributed by atoms with E-state index in [0.29, 0.717) is 50.1 Å². The molecule has 4 aromatic carbocycles. The topological polar surface area (TPSA) is 334 Å². The van der Waals surface area contributed by atoms with E-state index in [0.717, 1.165) is 126 Å². The van der Waals surface area contributed by atoms with Crippen LogP contribution in [0.3, 0.4) is 0 Å². The fourth-order valence-corrected chi connectivity index (χ4v) is 10.8. The molecule has 0 unspecified atom stereocenters. The van der Waals surface area contributed by atoms with Crippen LogP contribution in [0.1, 0.15) is 282 Å². The predicted molar refractivity (Wildman–Crippen MR) is 360 cm³/mol. The number of hydrogen-bond acceptors (Lipinski definition) is 20. The van der Waals surface area contributed by atoms with Gasteiger partial charge in [-0.05, 0) is 141 Å². The van der Waals surface area contributed by atoms with E-state index in [1.165, 1.54) is 170 Å². The molecule has 0 aliphatic carbocycles. The number of carbonyl (C=O) groups is 6. The standard InChI is InChI=1S/C22H34O6S.C18H28O5S.C17H24O4.C15H22O5S/c1-2-3-4-5-6-9-12-19(23)13-10-7-8-11-14-22(24)28-20-15-17-21(18-16-20)29(25,26)27;1-2-3-4-5-6-7-8-9-10-11-18(19)23-16-12-14-17(15-13-16)24(20,21)22;1-2-3-4-5-6-7-8-9-16(18)21-15-12-10-14(11-13-15)17(19)20;1-2-3-4-5-6-7-8-15(16)20-13-9-11-14(12-10-13)21(17,18)19/h15-18H,2-14H2,1H3,(H,25,26,27);12-15H,2-11H2,1H3,(H,20,21,22);10-13H,2-9H2,1H3,(H,19,20);9-12H,2-8H2,1H3,(H,17,18,19)/p-4. The lowest BCUT2D eigenvalue weighted by Crippen LogP contribution is -2.22. The first-order chi connectivity index (χ1) is 45.3. The van der Waals surface area contributed by atoms with E-state index in [9.17, 15) is 72.8 Å². The summed E-state index contributed by atoms with van der Waals surface area (Å²) in [6, 6.07) is 20.3. The highest BCUT2D eigenvalue weighted by Crippen LogP contribution is 2.22. The predicted octanol–water partition coefficient (Wildman–Crippen LogP) is 15.9. The van der Waals surface area contributed by atoms with Gasteiger partial charge in [-0.1, -0.05) is 195 Å². The maximum absolute atomic E-state index is 11.8. The van der Waals surface area contributed by atoms with E-state index in [-0.39, 0.29) is 61.8 Å². The molecule has 0 aromatic heterocycles. The molecule has 0 saturated carbocycles. The van der Waals surface area contributed by atoms with Gasteiger partial charge in [0, 0.05) is 38.5 Å². The highest BCUT2D eigenvalue weighted by Gasteiger charge is 2.12. The number of carboxylic acids is 1. The summed E-state index contributed by atoms with van der Waals surface area (Å²) in [4.78, 5) is 68.1. The van der Waals surface area contributed by atoms with Crippen LogP contribution >= 0.6 is 0 Å². The zero-order chi connectivity index (χ0) is 70.6. The molecule has 0 aliphatic rings. The minimum atomic E-state index is -4.50. The van der Waals surface area contributed by atoms with Crippen LogP contribution < -0.4 is 24.1 Å². The first-order valence-electron chi connectivity index (χ1n) is 34.2. The van der Waals surface area contributed by atoms with Crippen LogP contribution in [0, 0.1) is 0 Å². The Morgan fingerprint density at radius 2 is 0.453 bits per heavy atom. The molecule has 0 atom stereocenters. The van der Waals surface area contributed by atoms with Crippen molar-refractivity contribution < 1.29 is 91.7 Å². The lowest BCUT2D eigenvalue weighted by atomic mass is 10.0. The molecule has 0 fully saturated rings. The third-order valence-electron chi connectivity index (χ3n) is 15.0. The van der Waals surface area contributed by atoms with Crippen LogP contribution in [0.15, 0.2) is 112 Å². The Balaban J connectivity index is 0.000000639. The van der Waals surface area contributed by atoms with Crippen molar-refractivity contribution in [3.8, 4) is 23.0 Å². The van der Waals surface area contributed by atoms with E-state index < -0.39 is 42.3 Å². The molecule has 0 saturated heterocycles. The number of unbranched alkanes of at least 4 members (excludes halogenated alkanes) is 27. The van der Waals surface area contributed by atoms with E-state index in [1.807, 2.05) is 0 Å². The number of ketones is 1. The molecule has 95 heavy (non-hydrogen) atoms. The SMILES string of the molecule is CCCCCCCCC(=O)CCCCCCC(=O)Oc1ccc(S(=O)(=O)[O-])cc1.CCCCCCCCC(=O)Oc1ccc(S(=O)(=O)[O-])cc1.CCCCCCCCCC(=O)Oc1ccc(C(=O)[O-])cc1.CCCCCCCCCCCC(=O)Oc1ccc(S(=O)(=O)[O-])cc1. The van der Waals surface area contributed by atoms with Gasteiger partial charge in [0.15, 0.2) is 0 Å². The van der Waals surface area contributed by atoms with Crippen molar-refractivity contribution in [2.75, 3.05) is 0 Å². The van der Waals surface area contributed by atoms with Crippen molar-refractivity contribution >= 4 is 66.0 Å². The monoisotopic (exact) mass is 1380 g/mol. The first kappa shape index (κ1) is 86.6. The Morgan fingerprint density at radius 1 is 0.274 bits per heavy atom. The Morgan fingerprint density at radius 3 is 0.642 bits per heavy atom. The van der Waals surface area contributed by atoms with Crippen LogP contribution in [0.5, 0.6) is 23.0 Å². The summed E-state index contributed by atoms with van der Waals surface area (Å²) in [7, 11) is -13.4. The Kier molecular flexibility index (Phi) is 48.1. The van der Waals surface area contributed by atoms with Crippen molar-refractivity contribution in [2.24, 2.45) is 0 Å². The van der Waals surface area contributed by atoms with Crippen molar-refractivity contribution in [1.82, 2.24) is 0 Å². The molecule has 4 aromatic rings. The molecular formula is C72H104O20S3-4. The zero-order valence-electron chi connectivity index (χ0n) is 56.5. The summed E-state index contributed by atoms with van der Waals surface area (Å²) in [5, 5.41) is 10.6. The van der Waals surface area contributed by atoms with Gasteiger partial charge in [-0.3, -0.25) is 24.0 Å². The van der Waals surface area contributed by atoms with E-state index in [2.05, 4.69) is 27.7 Å². The normalized spacial score (nSPS) is 11.1. The highest BCUT2D eigenvalue weighted by atomic mass is 32.2. The molecule has 20 nitrogen and oxygen atoms in total.